The summed E-state index contributed by atoms with van der Waals surface area (Å²) in [6.07, 6.45) is 5.93. The largest absolute Gasteiger partial charge is 0.441 e. The van der Waals surface area contributed by atoms with Gasteiger partial charge in [0.2, 0.25) is 0 Å². The van der Waals surface area contributed by atoms with Crippen LogP contribution < -0.4 is 5.32 Å². The summed E-state index contributed by atoms with van der Waals surface area (Å²) in [5.41, 5.74) is -1.72. The van der Waals surface area contributed by atoms with Crippen molar-refractivity contribution in [2.75, 3.05) is 12.3 Å². The van der Waals surface area contributed by atoms with Crippen LogP contribution in [0.4, 0.5) is 13.2 Å². The fraction of sp³-hybridized carbons (Fsp3) is 0.688. The van der Waals surface area contributed by atoms with Crippen LogP contribution in [0.2, 0.25) is 0 Å². The van der Waals surface area contributed by atoms with Gasteiger partial charge in [-0.15, -0.1) is 0 Å². The number of carbonyl (C=O) groups excluding carboxylic acids is 1. The molecule has 1 aliphatic rings. The van der Waals surface area contributed by atoms with Gasteiger partial charge in [0, 0.05) is 29.7 Å². The topological polar surface area (TPSA) is 34.0 Å². The number of nitrogens with zero attached hydrogens (tertiary/aromatic N) is 1. The van der Waals surface area contributed by atoms with Crippen molar-refractivity contribution in [3.05, 3.63) is 23.0 Å². The lowest BCUT2D eigenvalue weighted by molar-refractivity contribution is -0.0327. The lowest BCUT2D eigenvalue weighted by Gasteiger charge is -2.26. The third-order valence-corrected chi connectivity index (χ3v) is 5.06. The fourth-order valence-corrected chi connectivity index (χ4v) is 3.77. The Labute approximate surface area is 139 Å². The lowest BCUT2D eigenvalue weighted by atomic mass is 9.95. The number of nitrogens with one attached hydrogen (secondary N) is 1. The van der Waals surface area contributed by atoms with Crippen molar-refractivity contribution in [1.29, 1.82) is 0 Å². The third kappa shape index (κ3) is 4.93. The second-order valence-corrected chi connectivity index (χ2v) is 7.16. The van der Waals surface area contributed by atoms with Gasteiger partial charge in [0.25, 0.3) is 5.91 Å². The number of hydrogen-bond donors (Lipinski definition) is 1. The summed E-state index contributed by atoms with van der Waals surface area (Å²) in [6, 6.07) is 2.28. The van der Waals surface area contributed by atoms with E-state index in [1.165, 1.54) is 19.3 Å². The maximum Gasteiger partial charge on any atom is 0.441 e. The fourth-order valence-electron chi connectivity index (χ4n) is 3.33. The van der Waals surface area contributed by atoms with Crippen LogP contribution in [0, 0.1) is 13.8 Å². The maximum atomic E-state index is 12.2. The van der Waals surface area contributed by atoms with Gasteiger partial charge in [-0.2, -0.15) is 13.2 Å². The van der Waals surface area contributed by atoms with Gasteiger partial charge in [0.15, 0.2) is 0 Å². The molecular formula is C16H23F3N2OS. The van der Waals surface area contributed by atoms with Crippen molar-refractivity contribution in [2.45, 2.75) is 57.5 Å². The van der Waals surface area contributed by atoms with Crippen molar-refractivity contribution in [3.63, 3.8) is 0 Å². The third-order valence-electron chi connectivity index (χ3n) is 4.32. The van der Waals surface area contributed by atoms with E-state index in [0.29, 0.717) is 11.6 Å². The molecule has 7 heteroatoms. The molecule has 2 rings (SSSR count). The van der Waals surface area contributed by atoms with E-state index >= 15 is 0 Å². The van der Waals surface area contributed by atoms with Crippen molar-refractivity contribution >= 4 is 17.7 Å². The summed E-state index contributed by atoms with van der Waals surface area (Å²) >= 11 is -0.114. The van der Waals surface area contributed by atoms with E-state index in [4.69, 9.17) is 0 Å². The van der Waals surface area contributed by atoms with Crippen LogP contribution >= 0.6 is 11.8 Å². The SMILES string of the molecule is Cc1cc(C(=O)NCCSC(F)(F)F)c(C)n1C1CCCCC1. The molecule has 1 aromatic heterocycles. The zero-order valence-electron chi connectivity index (χ0n) is 13.5. The first-order chi connectivity index (χ1) is 10.8. The Balaban J connectivity index is 1.98. The molecule has 0 aromatic carbocycles. The van der Waals surface area contributed by atoms with Crippen LogP contribution in [0.15, 0.2) is 6.07 Å². The van der Waals surface area contributed by atoms with Crippen LogP contribution in [-0.4, -0.2) is 28.3 Å². The Kier molecular flexibility index (Phi) is 6.06. The number of halogens is 3. The molecule has 0 spiro atoms. The highest BCUT2D eigenvalue weighted by atomic mass is 32.2. The first kappa shape index (κ1) is 18.2. The second kappa shape index (κ2) is 7.64. The molecule has 0 saturated heterocycles. The van der Waals surface area contributed by atoms with Crippen LogP contribution in [0.3, 0.4) is 0 Å². The van der Waals surface area contributed by atoms with Crippen LogP contribution in [0.1, 0.15) is 59.9 Å². The van der Waals surface area contributed by atoms with E-state index in [9.17, 15) is 18.0 Å². The van der Waals surface area contributed by atoms with Gasteiger partial charge < -0.3 is 9.88 Å². The number of carbonyl (C=O) groups is 1. The average Bonchev–Trinajstić information content (AvgIpc) is 2.78. The minimum absolute atomic E-state index is 0.0100. The van der Waals surface area contributed by atoms with Gasteiger partial charge in [-0.1, -0.05) is 19.3 Å². The molecule has 23 heavy (non-hydrogen) atoms. The zero-order valence-corrected chi connectivity index (χ0v) is 14.3. The molecule has 0 bridgehead atoms. The maximum absolute atomic E-state index is 12.2. The van der Waals surface area contributed by atoms with Gasteiger partial charge in [-0.25, -0.2) is 0 Å². The van der Waals surface area contributed by atoms with Crippen molar-refractivity contribution in [1.82, 2.24) is 9.88 Å². The predicted octanol–water partition coefficient (Wildman–Crippen LogP) is 4.59. The van der Waals surface area contributed by atoms with Crippen molar-refractivity contribution in [2.24, 2.45) is 0 Å². The Bertz CT molecular complexity index is 548. The number of hydrogen-bond acceptors (Lipinski definition) is 2. The molecule has 1 N–H and O–H groups in total. The van der Waals surface area contributed by atoms with Crippen molar-refractivity contribution in [3.8, 4) is 0 Å². The molecule has 1 heterocycles. The summed E-state index contributed by atoms with van der Waals surface area (Å²) < 4.78 is 38.4. The van der Waals surface area contributed by atoms with E-state index < -0.39 is 5.51 Å². The summed E-state index contributed by atoms with van der Waals surface area (Å²) in [5, 5.41) is 2.58. The normalized spacial score (nSPS) is 16.6. The number of rotatable bonds is 5. The molecule has 0 atom stereocenters. The minimum atomic E-state index is -4.25. The zero-order chi connectivity index (χ0) is 17.0. The highest BCUT2D eigenvalue weighted by molar-refractivity contribution is 8.00. The van der Waals surface area contributed by atoms with E-state index in [2.05, 4.69) is 9.88 Å². The van der Waals surface area contributed by atoms with Crippen molar-refractivity contribution < 1.29 is 18.0 Å². The second-order valence-electron chi connectivity index (χ2n) is 6.00. The Hall–Kier alpha value is -1.11. The first-order valence-electron chi connectivity index (χ1n) is 7.97. The summed E-state index contributed by atoms with van der Waals surface area (Å²) in [5.74, 6) is -0.459. The van der Waals surface area contributed by atoms with Gasteiger partial charge in [-0.05, 0) is 44.5 Å². The van der Waals surface area contributed by atoms with Gasteiger partial charge in [-0.3, -0.25) is 4.79 Å². The molecule has 0 unspecified atom stereocenters. The quantitative estimate of drug-likeness (QED) is 0.790. The standard InChI is InChI=1S/C16H23F3N2OS/c1-11-10-14(15(22)20-8-9-23-16(17,18)19)12(2)21(11)13-6-4-3-5-7-13/h10,13H,3-9H2,1-2H3,(H,20,22). The number of amides is 1. The van der Waals surface area contributed by atoms with Gasteiger partial charge >= 0.3 is 5.51 Å². The number of aromatic nitrogens is 1. The Morgan fingerprint density at radius 2 is 1.96 bits per heavy atom. The molecule has 1 aromatic rings. The van der Waals surface area contributed by atoms with E-state index in [-0.39, 0.29) is 30.0 Å². The predicted molar refractivity (Wildman–Crippen MR) is 86.9 cm³/mol. The highest BCUT2D eigenvalue weighted by Crippen LogP contribution is 2.32. The molecule has 0 aliphatic heterocycles. The van der Waals surface area contributed by atoms with Gasteiger partial charge in [0.1, 0.15) is 0 Å². The Morgan fingerprint density at radius 1 is 1.30 bits per heavy atom. The van der Waals surface area contributed by atoms with Gasteiger partial charge in [0.05, 0.1) is 5.56 Å². The number of alkyl halides is 3. The molecule has 1 aliphatic carbocycles. The summed E-state index contributed by atoms with van der Waals surface area (Å²) in [4.78, 5) is 12.2. The van der Waals surface area contributed by atoms with Crippen LogP contribution in [0.5, 0.6) is 0 Å². The summed E-state index contributed by atoms with van der Waals surface area (Å²) in [6.45, 7) is 3.91. The smallest absolute Gasteiger partial charge is 0.351 e. The van der Waals surface area contributed by atoms with E-state index in [1.54, 1.807) is 0 Å². The highest BCUT2D eigenvalue weighted by Gasteiger charge is 2.27. The molecule has 0 radical (unpaired) electrons. The first-order valence-corrected chi connectivity index (χ1v) is 8.95. The average molecular weight is 348 g/mol. The molecule has 1 amide bonds. The number of aryl methyl sites for hydroxylation is 1. The van der Waals surface area contributed by atoms with Crippen LogP contribution in [-0.2, 0) is 0 Å². The minimum Gasteiger partial charge on any atom is -0.351 e. The number of thioether (sulfide) groups is 1. The lowest BCUT2D eigenvalue weighted by Crippen LogP contribution is -2.27. The monoisotopic (exact) mass is 348 g/mol. The molecule has 130 valence electrons. The molecule has 1 fully saturated rings. The van der Waals surface area contributed by atoms with E-state index in [0.717, 1.165) is 24.2 Å². The van der Waals surface area contributed by atoms with Crippen LogP contribution in [0.25, 0.3) is 0 Å². The molecule has 3 nitrogen and oxygen atoms in total. The Morgan fingerprint density at radius 3 is 2.57 bits per heavy atom. The molecule has 1 saturated carbocycles. The summed E-state index contributed by atoms with van der Waals surface area (Å²) in [7, 11) is 0. The van der Waals surface area contributed by atoms with E-state index in [1.807, 2.05) is 19.9 Å². The molecular weight excluding hydrogens is 325 g/mol.